The number of nitrogens with zero attached hydrogens (tertiary/aromatic N) is 1. The predicted molar refractivity (Wildman–Crippen MR) is 65.4 cm³/mol. The molecule has 0 aliphatic heterocycles. The Kier molecular flexibility index (Phi) is 3.45. The van der Waals surface area contributed by atoms with Gasteiger partial charge in [0.05, 0.1) is 11.1 Å². The quantitative estimate of drug-likeness (QED) is 0.842. The largest absolute Gasteiger partial charge is 0.419 e. The topological polar surface area (TPSA) is 52.0 Å². The van der Waals surface area contributed by atoms with Crippen LogP contribution in [0.3, 0.4) is 0 Å². The summed E-state index contributed by atoms with van der Waals surface area (Å²) in [6.07, 6.45) is -4.77. The number of nitrogens with two attached hydrogens (primary N) is 1. The van der Waals surface area contributed by atoms with Crippen LogP contribution in [0.2, 0.25) is 0 Å². The van der Waals surface area contributed by atoms with Crippen LogP contribution in [0.25, 0.3) is 11.3 Å². The van der Waals surface area contributed by atoms with Crippen LogP contribution in [0.15, 0.2) is 22.7 Å². The van der Waals surface area contributed by atoms with Crippen molar-refractivity contribution < 1.29 is 22.1 Å². The molecule has 0 atom stereocenters. The van der Waals surface area contributed by atoms with Gasteiger partial charge in [-0.3, -0.25) is 0 Å². The fraction of sp³-hybridized carbons (Fsp3) is 0.308. The number of hydrogen-bond acceptors (Lipinski definition) is 3. The molecule has 20 heavy (non-hydrogen) atoms. The molecule has 1 heterocycles. The summed E-state index contributed by atoms with van der Waals surface area (Å²) in [6, 6.07) is 2.99. The summed E-state index contributed by atoms with van der Waals surface area (Å²) in [5.41, 5.74) is 4.35. The van der Waals surface area contributed by atoms with Gasteiger partial charge in [-0.25, -0.2) is 4.39 Å². The first-order valence-electron chi connectivity index (χ1n) is 5.84. The molecule has 2 aromatic rings. The van der Waals surface area contributed by atoms with Crippen molar-refractivity contribution in [2.75, 3.05) is 5.73 Å². The van der Waals surface area contributed by atoms with Gasteiger partial charge in [0.1, 0.15) is 5.82 Å². The molecule has 0 saturated carbocycles. The Morgan fingerprint density at radius 3 is 2.45 bits per heavy atom. The molecule has 0 aliphatic carbocycles. The lowest BCUT2D eigenvalue weighted by Gasteiger charge is -2.11. The third kappa shape index (κ3) is 2.35. The predicted octanol–water partition coefficient (Wildman–Crippen LogP) is 4.21. The average molecular weight is 288 g/mol. The lowest BCUT2D eigenvalue weighted by atomic mass is 9.97. The summed E-state index contributed by atoms with van der Waals surface area (Å²) >= 11 is 0. The molecule has 0 aliphatic rings. The van der Waals surface area contributed by atoms with E-state index in [0.717, 1.165) is 6.07 Å². The molecule has 1 aromatic heterocycles. The third-order valence-electron chi connectivity index (χ3n) is 2.88. The second kappa shape index (κ2) is 4.81. The van der Waals surface area contributed by atoms with Gasteiger partial charge in [-0.15, -0.1) is 0 Å². The van der Waals surface area contributed by atoms with Gasteiger partial charge in [0.25, 0.3) is 0 Å². The highest BCUT2D eigenvalue weighted by Crippen LogP contribution is 2.39. The van der Waals surface area contributed by atoms with Crippen molar-refractivity contribution in [2.24, 2.45) is 0 Å². The Balaban J connectivity index is 2.66. The monoisotopic (exact) mass is 288 g/mol. The fourth-order valence-electron chi connectivity index (χ4n) is 1.99. The Morgan fingerprint density at radius 2 is 1.90 bits per heavy atom. The maximum absolute atomic E-state index is 14.1. The van der Waals surface area contributed by atoms with E-state index >= 15 is 0 Å². The summed E-state index contributed by atoms with van der Waals surface area (Å²) in [5.74, 6) is -1.57. The van der Waals surface area contributed by atoms with Gasteiger partial charge in [0, 0.05) is 5.56 Å². The molecule has 0 amide bonds. The van der Waals surface area contributed by atoms with E-state index in [2.05, 4.69) is 5.16 Å². The summed E-state index contributed by atoms with van der Waals surface area (Å²) in [6.45, 7) is 3.52. The van der Waals surface area contributed by atoms with Gasteiger partial charge in [-0.2, -0.15) is 13.2 Å². The fourth-order valence-corrected chi connectivity index (χ4v) is 1.99. The van der Waals surface area contributed by atoms with E-state index in [-0.39, 0.29) is 23.1 Å². The van der Waals surface area contributed by atoms with E-state index in [4.69, 9.17) is 10.3 Å². The molecule has 0 spiro atoms. The van der Waals surface area contributed by atoms with Crippen molar-refractivity contribution in [3.63, 3.8) is 0 Å². The zero-order valence-corrected chi connectivity index (χ0v) is 10.8. The third-order valence-corrected chi connectivity index (χ3v) is 2.88. The molecule has 0 saturated heterocycles. The van der Waals surface area contributed by atoms with Gasteiger partial charge in [0.2, 0.25) is 0 Å². The number of benzene rings is 1. The first-order chi connectivity index (χ1) is 9.23. The van der Waals surface area contributed by atoms with Crippen LogP contribution in [-0.2, 0) is 6.18 Å². The minimum atomic E-state index is -4.77. The lowest BCUT2D eigenvalue weighted by Crippen LogP contribution is -2.09. The molecule has 0 bridgehead atoms. The molecule has 108 valence electrons. The van der Waals surface area contributed by atoms with Crippen LogP contribution >= 0.6 is 0 Å². The highest BCUT2D eigenvalue weighted by atomic mass is 19.4. The Morgan fingerprint density at radius 1 is 1.25 bits per heavy atom. The number of alkyl halides is 3. The van der Waals surface area contributed by atoms with E-state index in [1.165, 1.54) is 6.07 Å². The normalized spacial score (nSPS) is 12.2. The van der Waals surface area contributed by atoms with Gasteiger partial charge < -0.3 is 10.3 Å². The van der Waals surface area contributed by atoms with Crippen molar-refractivity contribution in [3.8, 4) is 11.3 Å². The molecular formula is C13H12F4N2O. The van der Waals surface area contributed by atoms with Crippen LogP contribution in [0, 0.1) is 5.82 Å². The standard InChI is InChI=1S/C13H12F4N2O/c1-6(2)9-11(20-19-12(9)18)7-4-3-5-8(10(7)14)13(15,16)17/h3-6H,1-2H3,(H2,18,19). The molecule has 0 radical (unpaired) electrons. The SMILES string of the molecule is CC(C)c1c(N)noc1-c1cccc(C(F)(F)F)c1F. The van der Waals surface area contributed by atoms with Crippen molar-refractivity contribution in [2.45, 2.75) is 25.9 Å². The smallest absolute Gasteiger partial charge is 0.381 e. The van der Waals surface area contributed by atoms with Crippen molar-refractivity contribution in [3.05, 3.63) is 35.1 Å². The molecular weight excluding hydrogens is 276 g/mol. The Hall–Kier alpha value is -2.05. The molecule has 3 nitrogen and oxygen atoms in total. The van der Waals surface area contributed by atoms with Crippen LogP contribution < -0.4 is 5.73 Å². The summed E-state index contributed by atoms with van der Waals surface area (Å²) in [5, 5.41) is 3.50. The van der Waals surface area contributed by atoms with Crippen molar-refractivity contribution in [1.82, 2.24) is 5.16 Å². The molecule has 7 heteroatoms. The minimum absolute atomic E-state index is 0.0480. The number of nitrogen functional groups attached to an aromatic ring is 1. The summed E-state index contributed by atoms with van der Waals surface area (Å²) in [4.78, 5) is 0. The zero-order chi connectivity index (χ0) is 15.1. The highest BCUT2D eigenvalue weighted by molar-refractivity contribution is 5.68. The second-order valence-corrected chi connectivity index (χ2v) is 4.63. The van der Waals surface area contributed by atoms with Crippen LogP contribution in [0.1, 0.15) is 30.9 Å². The van der Waals surface area contributed by atoms with Gasteiger partial charge in [-0.1, -0.05) is 25.1 Å². The van der Waals surface area contributed by atoms with Crippen LogP contribution in [0.4, 0.5) is 23.4 Å². The molecule has 2 rings (SSSR count). The number of hydrogen-bond donors (Lipinski definition) is 1. The van der Waals surface area contributed by atoms with E-state index < -0.39 is 17.6 Å². The maximum Gasteiger partial charge on any atom is 0.419 e. The Labute approximate surface area is 112 Å². The minimum Gasteiger partial charge on any atom is -0.381 e. The van der Waals surface area contributed by atoms with E-state index in [1.54, 1.807) is 13.8 Å². The van der Waals surface area contributed by atoms with E-state index in [9.17, 15) is 17.6 Å². The lowest BCUT2D eigenvalue weighted by molar-refractivity contribution is -0.139. The number of halogens is 4. The first kappa shape index (κ1) is 14.4. The van der Waals surface area contributed by atoms with Gasteiger partial charge in [-0.05, 0) is 18.1 Å². The van der Waals surface area contributed by atoms with Crippen molar-refractivity contribution >= 4 is 5.82 Å². The molecule has 0 fully saturated rings. The number of anilines is 1. The maximum atomic E-state index is 14.1. The first-order valence-corrected chi connectivity index (χ1v) is 5.84. The average Bonchev–Trinajstić information content (AvgIpc) is 2.69. The second-order valence-electron chi connectivity index (χ2n) is 4.63. The molecule has 1 aromatic carbocycles. The molecule has 0 unspecified atom stereocenters. The van der Waals surface area contributed by atoms with Gasteiger partial charge in [0.15, 0.2) is 11.6 Å². The summed E-state index contributed by atoms with van der Waals surface area (Å²) < 4.78 is 57.1. The highest BCUT2D eigenvalue weighted by Gasteiger charge is 2.36. The van der Waals surface area contributed by atoms with Gasteiger partial charge >= 0.3 is 6.18 Å². The zero-order valence-electron chi connectivity index (χ0n) is 10.8. The summed E-state index contributed by atoms with van der Waals surface area (Å²) in [7, 11) is 0. The number of aromatic nitrogens is 1. The van der Waals surface area contributed by atoms with Crippen molar-refractivity contribution in [1.29, 1.82) is 0 Å². The van der Waals surface area contributed by atoms with E-state index in [0.29, 0.717) is 11.6 Å². The Bertz CT molecular complexity index is 632. The van der Waals surface area contributed by atoms with Crippen LogP contribution in [-0.4, -0.2) is 5.16 Å². The molecule has 2 N–H and O–H groups in total. The number of rotatable bonds is 2. The van der Waals surface area contributed by atoms with E-state index in [1.807, 2.05) is 0 Å². The van der Waals surface area contributed by atoms with Crippen LogP contribution in [0.5, 0.6) is 0 Å².